The number of nitrogens with one attached hydrogen (secondary N) is 2. The summed E-state index contributed by atoms with van der Waals surface area (Å²) in [7, 11) is 1.68. The van der Waals surface area contributed by atoms with Gasteiger partial charge in [-0.2, -0.15) is 5.26 Å². The first-order valence-corrected chi connectivity index (χ1v) is 8.15. The van der Waals surface area contributed by atoms with E-state index >= 15 is 0 Å². The summed E-state index contributed by atoms with van der Waals surface area (Å²) in [5.41, 5.74) is 1.96. The highest BCUT2D eigenvalue weighted by molar-refractivity contribution is 14.0. The van der Waals surface area contributed by atoms with Gasteiger partial charge in [-0.15, -0.1) is 24.0 Å². The zero-order valence-corrected chi connectivity index (χ0v) is 17.5. The first-order valence-electron chi connectivity index (χ1n) is 8.15. The Kier molecular flexibility index (Phi) is 8.52. The molecule has 26 heavy (non-hydrogen) atoms. The monoisotopic (exact) mass is 466 g/mol. The largest absolute Gasteiger partial charge is 0.356 e. The Morgan fingerprint density at radius 2 is 1.85 bits per heavy atom. The number of nitriles is 1. The van der Waals surface area contributed by atoms with Crippen molar-refractivity contribution in [3.63, 3.8) is 0 Å². The molecular formula is C20H24FIN4. The molecule has 0 spiro atoms. The molecule has 0 fully saturated rings. The lowest BCUT2D eigenvalue weighted by Crippen LogP contribution is -2.43. The van der Waals surface area contributed by atoms with Crippen LogP contribution in [0.25, 0.3) is 0 Å². The van der Waals surface area contributed by atoms with E-state index in [0.717, 1.165) is 0 Å². The average Bonchev–Trinajstić information content (AvgIpc) is 2.63. The van der Waals surface area contributed by atoms with Gasteiger partial charge >= 0.3 is 0 Å². The molecule has 2 N–H and O–H groups in total. The molecule has 0 atom stereocenters. The molecule has 0 saturated heterocycles. The van der Waals surface area contributed by atoms with Gasteiger partial charge < -0.3 is 10.6 Å². The van der Waals surface area contributed by atoms with Crippen molar-refractivity contribution in [3.05, 3.63) is 71.0 Å². The molecule has 138 valence electrons. The van der Waals surface area contributed by atoms with Crippen molar-refractivity contribution in [2.75, 3.05) is 13.6 Å². The summed E-state index contributed by atoms with van der Waals surface area (Å²) >= 11 is 0. The summed E-state index contributed by atoms with van der Waals surface area (Å²) < 4.78 is 13.9. The van der Waals surface area contributed by atoms with Gasteiger partial charge in [0.25, 0.3) is 0 Å². The highest BCUT2D eigenvalue weighted by atomic mass is 127. The summed E-state index contributed by atoms with van der Waals surface area (Å²) in [6, 6.07) is 16.6. The van der Waals surface area contributed by atoms with E-state index in [1.165, 1.54) is 11.6 Å². The van der Waals surface area contributed by atoms with Crippen molar-refractivity contribution in [3.8, 4) is 6.07 Å². The van der Waals surface area contributed by atoms with E-state index in [4.69, 9.17) is 5.26 Å². The highest BCUT2D eigenvalue weighted by Gasteiger charge is 2.20. The van der Waals surface area contributed by atoms with Crippen molar-refractivity contribution >= 4 is 29.9 Å². The third-order valence-corrected chi connectivity index (χ3v) is 4.11. The van der Waals surface area contributed by atoms with Crippen molar-refractivity contribution in [2.24, 2.45) is 4.99 Å². The van der Waals surface area contributed by atoms with Gasteiger partial charge in [-0.25, -0.2) is 4.39 Å². The lowest BCUT2D eigenvalue weighted by atomic mass is 9.85. The fourth-order valence-electron chi connectivity index (χ4n) is 2.46. The standard InChI is InChI=1S/C20H23FN4.HI/c1-20(2,17-7-5-4-6-8-17)14-25-19(23-3)24-13-16-10-9-15(12-22)11-18(16)21;/h4-11H,13-14H2,1-3H3,(H2,23,24,25);1H. The smallest absolute Gasteiger partial charge is 0.191 e. The maximum atomic E-state index is 13.9. The van der Waals surface area contributed by atoms with Gasteiger partial charge in [0.1, 0.15) is 5.82 Å². The number of hydrogen-bond donors (Lipinski definition) is 2. The zero-order valence-electron chi connectivity index (χ0n) is 15.2. The van der Waals surface area contributed by atoms with Crippen molar-refractivity contribution in [1.29, 1.82) is 5.26 Å². The highest BCUT2D eigenvalue weighted by Crippen LogP contribution is 2.21. The average molecular weight is 466 g/mol. The molecule has 0 aliphatic carbocycles. The molecule has 2 rings (SSSR count). The van der Waals surface area contributed by atoms with Crippen molar-refractivity contribution < 1.29 is 4.39 Å². The van der Waals surface area contributed by atoms with Crippen LogP contribution in [0.4, 0.5) is 4.39 Å². The Morgan fingerprint density at radius 3 is 2.42 bits per heavy atom. The molecule has 0 aliphatic rings. The van der Waals surface area contributed by atoms with Crippen LogP contribution in [0.1, 0.15) is 30.5 Å². The normalized spacial score (nSPS) is 11.3. The number of nitrogens with zero attached hydrogens (tertiary/aromatic N) is 2. The zero-order chi connectivity index (χ0) is 18.3. The number of aliphatic imine (C=N–C) groups is 1. The summed E-state index contributed by atoms with van der Waals surface area (Å²) in [5.74, 6) is 0.208. The second-order valence-corrected chi connectivity index (χ2v) is 6.45. The quantitative estimate of drug-likeness (QED) is 0.399. The van der Waals surface area contributed by atoms with E-state index in [1.807, 2.05) is 24.3 Å². The fraction of sp³-hybridized carbons (Fsp3) is 0.300. The predicted octanol–water partition coefficient (Wildman–Crippen LogP) is 3.96. The van der Waals surface area contributed by atoms with Gasteiger partial charge in [0, 0.05) is 31.1 Å². The van der Waals surface area contributed by atoms with Crippen LogP contribution in [0.15, 0.2) is 53.5 Å². The molecule has 0 bridgehead atoms. The topological polar surface area (TPSA) is 60.2 Å². The molecule has 6 heteroatoms. The maximum absolute atomic E-state index is 13.9. The Hall–Kier alpha value is -2.14. The molecule has 0 unspecified atom stereocenters. The van der Waals surface area contributed by atoms with E-state index < -0.39 is 5.82 Å². The van der Waals surface area contributed by atoms with Gasteiger partial charge in [-0.05, 0) is 17.7 Å². The summed E-state index contributed by atoms with van der Waals surface area (Å²) in [5, 5.41) is 15.2. The summed E-state index contributed by atoms with van der Waals surface area (Å²) in [4.78, 5) is 4.18. The Labute approximate surface area is 171 Å². The van der Waals surface area contributed by atoms with Crippen LogP contribution in [-0.2, 0) is 12.0 Å². The van der Waals surface area contributed by atoms with Gasteiger partial charge in [-0.1, -0.05) is 50.2 Å². The molecular weight excluding hydrogens is 442 g/mol. The molecule has 0 aliphatic heterocycles. The van der Waals surface area contributed by atoms with Crippen LogP contribution in [0, 0.1) is 17.1 Å². The van der Waals surface area contributed by atoms with Crippen LogP contribution in [-0.4, -0.2) is 19.6 Å². The van der Waals surface area contributed by atoms with Crippen molar-refractivity contribution in [1.82, 2.24) is 10.6 Å². The number of guanidine groups is 1. The summed E-state index contributed by atoms with van der Waals surface area (Å²) in [6.45, 7) is 5.29. The van der Waals surface area contributed by atoms with Gasteiger partial charge in [0.15, 0.2) is 5.96 Å². The number of rotatable bonds is 5. The van der Waals surface area contributed by atoms with E-state index in [0.29, 0.717) is 30.2 Å². The second kappa shape index (κ2) is 10.1. The Balaban J connectivity index is 0.00000338. The predicted molar refractivity (Wildman–Crippen MR) is 114 cm³/mol. The molecule has 2 aromatic carbocycles. The third kappa shape index (κ3) is 5.99. The van der Waals surface area contributed by atoms with E-state index in [9.17, 15) is 4.39 Å². The number of hydrogen-bond acceptors (Lipinski definition) is 2. The SMILES string of the molecule is CN=C(NCc1ccc(C#N)cc1F)NCC(C)(C)c1ccccc1.I. The minimum absolute atomic E-state index is 0. The number of halogens is 2. The first kappa shape index (κ1) is 21.9. The van der Waals surface area contributed by atoms with E-state index in [2.05, 4.69) is 41.6 Å². The Morgan fingerprint density at radius 1 is 1.15 bits per heavy atom. The molecule has 4 nitrogen and oxygen atoms in total. The lowest BCUT2D eigenvalue weighted by molar-refractivity contribution is 0.508. The van der Waals surface area contributed by atoms with Crippen molar-refractivity contribution in [2.45, 2.75) is 25.8 Å². The fourth-order valence-corrected chi connectivity index (χ4v) is 2.46. The number of benzene rings is 2. The van der Waals surface area contributed by atoms with E-state index in [-0.39, 0.29) is 29.4 Å². The minimum atomic E-state index is -0.397. The minimum Gasteiger partial charge on any atom is -0.356 e. The molecule has 0 radical (unpaired) electrons. The van der Waals surface area contributed by atoms with Crippen LogP contribution in [0.5, 0.6) is 0 Å². The third-order valence-electron chi connectivity index (χ3n) is 4.11. The van der Waals surface area contributed by atoms with Gasteiger partial charge in [-0.3, -0.25) is 4.99 Å². The molecule has 0 saturated carbocycles. The van der Waals surface area contributed by atoms with Crippen LogP contribution in [0.3, 0.4) is 0 Å². The van der Waals surface area contributed by atoms with Crippen LogP contribution < -0.4 is 10.6 Å². The molecule has 0 heterocycles. The van der Waals surface area contributed by atoms with Crippen LogP contribution in [0.2, 0.25) is 0 Å². The van der Waals surface area contributed by atoms with E-state index in [1.54, 1.807) is 19.2 Å². The van der Waals surface area contributed by atoms with Gasteiger partial charge in [0.05, 0.1) is 11.6 Å². The first-order chi connectivity index (χ1) is 12.0. The molecule has 2 aromatic rings. The summed E-state index contributed by atoms with van der Waals surface area (Å²) in [6.07, 6.45) is 0. The maximum Gasteiger partial charge on any atom is 0.191 e. The van der Waals surface area contributed by atoms with Gasteiger partial charge in [0.2, 0.25) is 0 Å². The van der Waals surface area contributed by atoms with Crippen LogP contribution >= 0.6 is 24.0 Å². The Bertz CT molecular complexity index is 782. The second-order valence-electron chi connectivity index (χ2n) is 6.45. The molecule has 0 amide bonds. The lowest BCUT2D eigenvalue weighted by Gasteiger charge is -2.26. The molecule has 0 aromatic heterocycles.